The molecule has 0 bridgehead atoms. The average Bonchev–Trinajstić information content (AvgIpc) is 3.40. The second kappa shape index (κ2) is 6.69. The molecular formula is C22H24N6O. The molecule has 7 heteroatoms. The van der Waals surface area contributed by atoms with Crippen LogP contribution in [0.5, 0.6) is 0 Å². The molecule has 0 aromatic carbocycles. The predicted octanol–water partition coefficient (Wildman–Crippen LogP) is 2.88. The molecule has 3 aromatic heterocycles. The van der Waals surface area contributed by atoms with Crippen LogP contribution in [0.2, 0.25) is 0 Å². The molecule has 29 heavy (non-hydrogen) atoms. The Morgan fingerprint density at radius 2 is 2.07 bits per heavy atom. The Morgan fingerprint density at radius 1 is 1.17 bits per heavy atom. The van der Waals surface area contributed by atoms with Crippen LogP contribution in [-0.2, 0) is 5.54 Å². The third kappa shape index (κ3) is 2.72. The van der Waals surface area contributed by atoms with Gasteiger partial charge in [0.25, 0.3) is 5.91 Å². The van der Waals surface area contributed by atoms with Gasteiger partial charge in [0, 0.05) is 44.4 Å². The van der Waals surface area contributed by atoms with Crippen molar-refractivity contribution in [2.75, 3.05) is 24.5 Å². The number of carbonyl (C=O) groups excluding carboxylic acids is 1. The maximum absolute atomic E-state index is 13.1. The van der Waals surface area contributed by atoms with Crippen LogP contribution in [0, 0.1) is 5.92 Å². The third-order valence-electron chi connectivity index (χ3n) is 5.89. The number of nitrogens with zero attached hydrogens (tertiary/aromatic N) is 6. The molecule has 2 aliphatic rings. The van der Waals surface area contributed by atoms with Gasteiger partial charge in [-0.2, -0.15) is 0 Å². The average molecular weight is 388 g/mol. The molecule has 0 N–H and O–H groups in total. The van der Waals surface area contributed by atoms with Crippen LogP contribution < -0.4 is 4.90 Å². The molecular weight excluding hydrogens is 364 g/mol. The van der Waals surface area contributed by atoms with E-state index in [2.05, 4.69) is 62.7 Å². The zero-order valence-electron chi connectivity index (χ0n) is 16.7. The number of likely N-dealkylation sites (tertiary alicyclic amines) is 1. The summed E-state index contributed by atoms with van der Waals surface area (Å²) in [6.07, 6.45) is 9.48. The van der Waals surface area contributed by atoms with Crippen molar-refractivity contribution in [3.8, 4) is 5.82 Å². The van der Waals surface area contributed by atoms with Crippen molar-refractivity contribution < 1.29 is 4.79 Å². The molecule has 1 spiro atoms. The Kier molecular flexibility index (Phi) is 4.12. The first-order valence-electron chi connectivity index (χ1n) is 10.1. The number of aromatic nitrogens is 4. The lowest BCUT2D eigenvalue weighted by Gasteiger charge is -2.47. The number of hydrogen-bond acceptors (Lipinski definition) is 5. The highest BCUT2D eigenvalue weighted by molar-refractivity contribution is 5.92. The summed E-state index contributed by atoms with van der Waals surface area (Å²) in [4.78, 5) is 30.4. The summed E-state index contributed by atoms with van der Waals surface area (Å²) >= 11 is 0. The van der Waals surface area contributed by atoms with Crippen LogP contribution in [0.1, 0.15) is 36.5 Å². The first kappa shape index (κ1) is 17.8. The summed E-state index contributed by atoms with van der Waals surface area (Å²) in [5, 5.41) is 0. The largest absolute Gasteiger partial charge is 0.355 e. The maximum atomic E-state index is 13.1. The van der Waals surface area contributed by atoms with E-state index in [9.17, 15) is 4.79 Å². The summed E-state index contributed by atoms with van der Waals surface area (Å²) in [7, 11) is 0. The van der Waals surface area contributed by atoms with Crippen molar-refractivity contribution in [3.05, 3.63) is 66.6 Å². The van der Waals surface area contributed by atoms with Gasteiger partial charge in [-0.05, 0) is 36.6 Å². The number of fused-ring (bicyclic) bond motifs is 4. The van der Waals surface area contributed by atoms with Crippen LogP contribution in [-0.4, -0.2) is 50.0 Å². The summed E-state index contributed by atoms with van der Waals surface area (Å²) in [5.41, 5.74) is 2.44. The summed E-state index contributed by atoms with van der Waals surface area (Å²) in [6, 6.07) is 8.37. The number of rotatable bonds is 3. The van der Waals surface area contributed by atoms with Crippen molar-refractivity contribution in [2.45, 2.75) is 25.8 Å². The molecule has 1 amide bonds. The molecule has 1 fully saturated rings. The van der Waals surface area contributed by atoms with Gasteiger partial charge in [0.15, 0.2) is 5.82 Å². The second-order valence-electron chi connectivity index (χ2n) is 8.21. The topological polar surface area (TPSA) is 67.2 Å². The third-order valence-corrected chi connectivity index (χ3v) is 5.89. The van der Waals surface area contributed by atoms with Crippen molar-refractivity contribution in [2.24, 2.45) is 5.92 Å². The van der Waals surface area contributed by atoms with Crippen LogP contribution in [0.15, 0.2) is 55.2 Å². The fourth-order valence-corrected chi connectivity index (χ4v) is 4.70. The van der Waals surface area contributed by atoms with Crippen molar-refractivity contribution in [1.29, 1.82) is 0 Å². The molecule has 0 unspecified atom stereocenters. The van der Waals surface area contributed by atoms with E-state index in [4.69, 9.17) is 0 Å². The van der Waals surface area contributed by atoms with E-state index >= 15 is 0 Å². The molecule has 0 aliphatic carbocycles. The minimum absolute atomic E-state index is 0.0606. The Hall–Kier alpha value is -3.22. The van der Waals surface area contributed by atoms with Gasteiger partial charge in [0.1, 0.15) is 11.2 Å². The highest BCUT2D eigenvalue weighted by atomic mass is 16.2. The van der Waals surface area contributed by atoms with E-state index in [0.29, 0.717) is 24.7 Å². The predicted molar refractivity (Wildman–Crippen MR) is 110 cm³/mol. The van der Waals surface area contributed by atoms with Gasteiger partial charge in [-0.3, -0.25) is 9.78 Å². The standard InChI is InChI=1S/C22H24N6O/c1-16(2)14-28-18-5-3-8-25-20(18)27-11-4-6-19(27)22(28)7-12-26(15-22)21(29)17-13-23-9-10-24-17/h3-6,8-11,13,16H,7,12,14-15H2,1-2H3/t22-/m0/s1. The van der Waals surface area contributed by atoms with Crippen molar-refractivity contribution >= 4 is 11.6 Å². The van der Waals surface area contributed by atoms with E-state index in [1.54, 1.807) is 18.6 Å². The summed E-state index contributed by atoms with van der Waals surface area (Å²) < 4.78 is 2.18. The quantitative estimate of drug-likeness (QED) is 0.690. The maximum Gasteiger partial charge on any atom is 0.274 e. The van der Waals surface area contributed by atoms with E-state index in [-0.39, 0.29) is 11.4 Å². The van der Waals surface area contributed by atoms with Gasteiger partial charge >= 0.3 is 0 Å². The Labute approximate surface area is 170 Å². The smallest absolute Gasteiger partial charge is 0.274 e. The monoisotopic (exact) mass is 388 g/mol. The Morgan fingerprint density at radius 3 is 2.86 bits per heavy atom. The van der Waals surface area contributed by atoms with Gasteiger partial charge in [0.05, 0.1) is 17.6 Å². The number of hydrogen-bond donors (Lipinski definition) is 0. The van der Waals surface area contributed by atoms with Gasteiger partial charge in [-0.25, -0.2) is 9.97 Å². The molecule has 0 saturated carbocycles. The van der Waals surface area contributed by atoms with Crippen molar-refractivity contribution in [1.82, 2.24) is 24.4 Å². The van der Waals surface area contributed by atoms with Crippen molar-refractivity contribution in [3.63, 3.8) is 0 Å². The molecule has 5 heterocycles. The first-order valence-corrected chi connectivity index (χ1v) is 10.1. The van der Waals surface area contributed by atoms with Gasteiger partial charge in [-0.1, -0.05) is 13.8 Å². The molecule has 148 valence electrons. The molecule has 5 rings (SSSR count). The highest BCUT2D eigenvalue weighted by Crippen LogP contribution is 2.47. The molecule has 1 atom stereocenters. The number of pyridine rings is 1. The van der Waals surface area contributed by atoms with Crippen LogP contribution in [0.4, 0.5) is 5.69 Å². The SMILES string of the molecule is CC(C)CN1c2cccnc2-n2cccc2[C@@]12CCN(C(=O)c1cnccn1)C2. The van der Waals surface area contributed by atoms with Gasteiger partial charge in [0.2, 0.25) is 0 Å². The second-order valence-corrected chi connectivity index (χ2v) is 8.21. The van der Waals surface area contributed by atoms with Crippen LogP contribution in [0.25, 0.3) is 5.82 Å². The van der Waals surface area contributed by atoms with E-state index < -0.39 is 0 Å². The van der Waals surface area contributed by atoms with E-state index in [1.165, 1.54) is 5.69 Å². The van der Waals surface area contributed by atoms with Crippen LogP contribution in [0.3, 0.4) is 0 Å². The number of anilines is 1. The van der Waals surface area contributed by atoms with E-state index in [1.807, 2.05) is 17.2 Å². The van der Waals surface area contributed by atoms with E-state index in [0.717, 1.165) is 24.5 Å². The lowest BCUT2D eigenvalue weighted by molar-refractivity contribution is 0.0775. The fraction of sp³-hybridized carbons (Fsp3) is 0.364. The summed E-state index contributed by atoms with van der Waals surface area (Å²) in [6.45, 7) is 6.67. The minimum Gasteiger partial charge on any atom is -0.355 e. The Bertz CT molecular complexity index is 1050. The Balaban J connectivity index is 1.59. The van der Waals surface area contributed by atoms with Gasteiger partial charge < -0.3 is 14.4 Å². The lowest BCUT2D eigenvalue weighted by atomic mass is 9.88. The molecule has 7 nitrogen and oxygen atoms in total. The highest BCUT2D eigenvalue weighted by Gasteiger charge is 2.51. The molecule has 3 aromatic rings. The zero-order valence-corrected chi connectivity index (χ0v) is 16.7. The summed E-state index contributed by atoms with van der Waals surface area (Å²) in [5.74, 6) is 1.37. The van der Waals surface area contributed by atoms with Gasteiger partial charge in [-0.15, -0.1) is 0 Å². The lowest BCUT2D eigenvalue weighted by Crippen LogP contribution is -2.54. The fourth-order valence-electron chi connectivity index (χ4n) is 4.70. The normalized spacial score (nSPS) is 20.2. The molecule has 2 aliphatic heterocycles. The minimum atomic E-state index is -0.276. The number of amides is 1. The zero-order chi connectivity index (χ0) is 20.0. The molecule has 1 saturated heterocycles. The molecule has 0 radical (unpaired) electrons. The first-order chi connectivity index (χ1) is 14.1. The number of carbonyl (C=O) groups is 1. The van der Waals surface area contributed by atoms with Crippen LogP contribution >= 0.6 is 0 Å².